The van der Waals surface area contributed by atoms with Gasteiger partial charge >= 0.3 is 5.97 Å². The van der Waals surface area contributed by atoms with Crippen LogP contribution < -0.4 is 5.11 Å². The van der Waals surface area contributed by atoms with E-state index in [-0.39, 0.29) is 11.1 Å². The topological polar surface area (TPSA) is 77.4 Å². The van der Waals surface area contributed by atoms with E-state index >= 15 is 0 Å². The van der Waals surface area contributed by atoms with E-state index in [0.717, 1.165) is 0 Å². The second-order valence-corrected chi connectivity index (χ2v) is 8.57. The Labute approximate surface area is 181 Å². The van der Waals surface area contributed by atoms with Gasteiger partial charge in [-0.05, 0) is 45.9 Å². The average molecular weight is 436 g/mol. The van der Waals surface area contributed by atoms with Gasteiger partial charge in [0.25, 0.3) is 0 Å². The van der Waals surface area contributed by atoms with Crippen molar-refractivity contribution < 1.29 is 24.3 Å². The Morgan fingerprint density at radius 1 is 0.793 bits per heavy atom. The molecule has 2 aromatic rings. The number of aromatic carboxylic acids is 2. The summed E-state index contributed by atoms with van der Waals surface area (Å²) in [4.78, 5) is 23.2. The summed E-state index contributed by atoms with van der Waals surface area (Å²) >= 11 is 0. The Morgan fingerprint density at radius 2 is 1.17 bits per heavy atom. The van der Waals surface area contributed by atoms with E-state index in [1.165, 1.54) is 64.4 Å². The molecule has 0 saturated carbocycles. The molecule has 0 aliphatic heterocycles. The largest absolute Gasteiger partial charge is 0.545 e. The van der Waals surface area contributed by atoms with Crippen LogP contribution in [0.4, 0.5) is 0 Å². The zero-order valence-electron chi connectivity index (χ0n) is 17.4. The lowest BCUT2D eigenvalue weighted by molar-refractivity contribution is -0.921. The molecule has 7 heteroatoms. The number of carbonyl (C=O) groups is 2. The second-order valence-electron chi connectivity index (χ2n) is 6.36. The first-order valence-electron chi connectivity index (χ1n) is 9.66. The van der Waals surface area contributed by atoms with Gasteiger partial charge in [-0.15, -0.1) is 0 Å². The van der Waals surface area contributed by atoms with Crippen molar-refractivity contribution in [2.75, 3.05) is 26.2 Å². The quantitative estimate of drug-likeness (QED) is 0.464. The van der Waals surface area contributed by atoms with Gasteiger partial charge in [-0.2, -0.15) is 0 Å². The van der Waals surface area contributed by atoms with Crippen molar-refractivity contribution in [1.29, 1.82) is 0 Å². The highest BCUT2D eigenvalue weighted by Gasteiger charge is 2.16. The molecular weight excluding hydrogens is 406 g/mol. The van der Waals surface area contributed by atoms with Crippen LogP contribution in [0, 0.1) is 0 Å². The molecule has 0 spiro atoms. The number of nitrogens with zero attached hydrogens (tertiary/aromatic N) is 1. The van der Waals surface area contributed by atoms with Gasteiger partial charge in [-0.25, -0.2) is 4.79 Å². The number of carbonyl (C=O) groups excluding carboxylic acids is 1. The number of benzene rings is 2. The molecule has 29 heavy (non-hydrogen) atoms. The summed E-state index contributed by atoms with van der Waals surface area (Å²) in [6.45, 7) is 14.2. The Balaban J connectivity index is 0.000000396. The van der Waals surface area contributed by atoms with Crippen molar-refractivity contribution in [3.63, 3.8) is 0 Å². The van der Waals surface area contributed by atoms with Crippen LogP contribution in [0.15, 0.2) is 58.3 Å². The van der Waals surface area contributed by atoms with E-state index in [0.29, 0.717) is 9.79 Å². The Bertz CT molecular complexity index is 732. The fourth-order valence-electron chi connectivity index (χ4n) is 2.86. The molecule has 2 rings (SSSR count). The van der Waals surface area contributed by atoms with E-state index < -0.39 is 11.9 Å². The number of rotatable bonds is 9. The highest BCUT2D eigenvalue weighted by Crippen LogP contribution is 2.40. The summed E-state index contributed by atoms with van der Waals surface area (Å²) in [5, 5.41) is 20.1. The highest BCUT2D eigenvalue weighted by molar-refractivity contribution is 8.76. The van der Waals surface area contributed by atoms with Crippen LogP contribution >= 0.6 is 21.6 Å². The lowest BCUT2D eigenvalue weighted by Gasteiger charge is -2.34. The van der Waals surface area contributed by atoms with Crippen molar-refractivity contribution >= 4 is 33.5 Å². The van der Waals surface area contributed by atoms with Gasteiger partial charge in [-0.1, -0.05) is 51.9 Å². The van der Waals surface area contributed by atoms with Gasteiger partial charge in [-0.3, -0.25) is 0 Å². The Morgan fingerprint density at radius 3 is 1.52 bits per heavy atom. The van der Waals surface area contributed by atoms with Crippen LogP contribution in [0.3, 0.4) is 0 Å². The fraction of sp³-hybridized carbons (Fsp3) is 0.364. The third kappa shape index (κ3) is 7.42. The molecule has 0 fully saturated rings. The number of hydrogen-bond donors (Lipinski definition) is 1. The fourth-order valence-corrected chi connectivity index (χ4v) is 5.20. The molecule has 0 amide bonds. The third-order valence-electron chi connectivity index (χ3n) is 5.13. The van der Waals surface area contributed by atoms with Gasteiger partial charge in [0.05, 0.1) is 37.7 Å². The van der Waals surface area contributed by atoms with E-state index in [1.54, 1.807) is 36.4 Å². The summed E-state index contributed by atoms with van der Waals surface area (Å²) in [6, 6.07) is 13.0. The van der Waals surface area contributed by atoms with Crippen LogP contribution in [0.1, 0.15) is 48.4 Å². The first-order chi connectivity index (χ1) is 13.8. The maximum absolute atomic E-state index is 11.1. The number of carboxylic acids is 2. The van der Waals surface area contributed by atoms with Gasteiger partial charge in [0.2, 0.25) is 0 Å². The summed E-state index contributed by atoms with van der Waals surface area (Å²) in [5.41, 5.74) is 0.286. The summed E-state index contributed by atoms with van der Waals surface area (Å²) in [6.07, 6.45) is 0. The van der Waals surface area contributed by atoms with Gasteiger partial charge in [0.1, 0.15) is 0 Å². The predicted octanol–water partition coefficient (Wildman–Crippen LogP) is 4.43. The van der Waals surface area contributed by atoms with Crippen LogP contribution in [0.25, 0.3) is 0 Å². The number of quaternary nitrogens is 1. The SMILES string of the molecule is CC[N+](CC)(CC)CC.O=C([O-])c1ccccc1SSc1ccccc1C(=O)O. The highest BCUT2D eigenvalue weighted by atomic mass is 33.1. The molecule has 5 nitrogen and oxygen atoms in total. The number of hydrogen-bond acceptors (Lipinski definition) is 5. The van der Waals surface area contributed by atoms with Crippen LogP contribution in [-0.2, 0) is 0 Å². The lowest BCUT2D eigenvalue weighted by atomic mass is 10.2. The molecule has 0 atom stereocenters. The minimum atomic E-state index is -1.25. The minimum Gasteiger partial charge on any atom is -0.545 e. The first kappa shape index (κ1) is 25.1. The molecule has 0 aliphatic rings. The number of carboxylic acid groups (broad SMARTS) is 2. The molecule has 0 heterocycles. The maximum atomic E-state index is 11.1. The smallest absolute Gasteiger partial charge is 0.336 e. The molecule has 158 valence electrons. The first-order valence-corrected chi connectivity index (χ1v) is 11.8. The molecule has 1 N–H and O–H groups in total. The third-order valence-corrected chi connectivity index (χ3v) is 7.61. The Kier molecular flexibility index (Phi) is 10.9. The monoisotopic (exact) mass is 435 g/mol. The molecule has 2 aromatic carbocycles. The van der Waals surface area contributed by atoms with Crippen molar-refractivity contribution in [2.45, 2.75) is 37.5 Å². The van der Waals surface area contributed by atoms with Crippen LogP contribution in [0.5, 0.6) is 0 Å². The van der Waals surface area contributed by atoms with Crippen molar-refractivity contribution in [3.05, 3.63) is 59.7 Å². The van der Waals surface area contributed by atoms with Crippen LogP contribution in [0.2, 0.25) is 0 Å². The standard InChI is InChI=1S/C14H10O4S2.C8H20N/c15-13(16)9-5-1-3-7-11(9)19-20-12-8-4-2-6-10(12)14(17)18;1-5-9(6-2,7-3)8-4/h1-8H,(H,15,16)(H,17,18);5-8H2,1-4H3/q;+1/p-1. The van der Waals surface area contributed by atoms with Crippen molar-refractivity contribution in [2.24, 2.45) is 0 Å². The molecule has 0 radical (unpaired) electrons. The van der Waals surface area contributed by atoms with E-state index in [4.69, 9.17) is 5.11 Å². The van der Waals surface area contributed by atoms with Gasteiger partial charge in [0, 0.05) is 15.4 Å². The summed E-state index contributed by atoms with van der Waals surface area (Å²) in [7, 11) is 2.40. The normalized spacial score (nSPS) is 10.8. The van der Waals surface area contributed by atoms with Gasteiger partial charge in [0.15, 0.2) is 0 Å². The van der Waals surface area contributed by atoms with Crippen LogP contribution in [-0.4, -0.2) is 47.7 Å². The average Bonchev–Trinajstić information content (AvgIpc) is 2.75. The second kappa shape index (κ2) is 12.6. The molecule has 0 unspecified atom stereocenters. The molecule has 0 bridgehead atoms. The van der Waals surface area contributed by atoms with E-state index in [2.05, 4.69) is 27.7 Å². The lowest BCUT2D eigenvalue weighted by Crippen LogP contribution is -2.47. The van der Waals surface area contributed by atoms with Gasteiger partial charge < -0.3 is 19.5 Å². The molecule has 0 aliphatic carbocycles. The van der Waals surface area contributed by atoms with Crippen molar-refractivity contribution in [3.8, 4) is 0 Å². The minimum absolute atomic E-state index is 0.0952. The Hall–Kier alpha value is -1.96. The molecular formula is C22H29NO4S2. The maximum Gasteiger partial charge on any atom is 0.336 e. The van der Waals surface area contributed by atoms with Crippen molar-refractivity contribution in [1.82, 2.24) is 0 Å². The zero-order chi connectivity index (χ0) is 21.9. The van der Waals surface area contributed by atoms with E-state index in [9.17, 15) is 14.7 Å². The van der Waals surface area contributed by atoms with E-state index in [1.807, 2.05) is 0 Å². The summed E-state index contributed by atoms with van der Waals surface area (Å²) in [5.74, 6) is -2.26. The molecule has 0 aromatic heterocycles. The predicted molar refractivity (Wildman–Crippen MR) is 118 cm³/mol. The zero-order valence-corrected chi connectivity index (χ0v) is 19.0. The molecule has 0 saturated heterocycles. The summed E-state index contributed by atoms with van der Waals surface area (Å²) < 4.78 is 1.28.